The van der Waals surface area contributed by atoms with Gasteiger partial charge in [-0.3, -0.25) is 0 Å². The minimum absolute atomic E-state index is 0.278. The number of methoxy groups -OCH3 is 2. The molecule has 1 aliphatic carbocycles. The molecule has 3 nitrogen and oxygen atoms in total. The SMILES string of the molecule is COc1c(C)c(C2(N)CCC2)c(OC)c(C)c1F. The van der Waals surface area contributed by atoms with E-state index in [-0.39, 0.29) is 11.6 Å². The van der Waals surface area contributed by atoms with Crippen LogP contribution in [0.2, 0.25) is 0 Å². The molecule has 1 saturated carbocycles. The van der Waals surface area contributed by atoms with E-state index in [2.05, 4.69) is 0 Å². The Labute approximate surface area is 107 Å². The van der Waals surface area contributed by atoms with E-state index in [4.69, 9.17) is 15.2 Å². The summed E-state index contributed by atoms with van der Waals surface area (Å²) in [6.45, 7) is 3.54. The average molecular weight is 253 g/mol. The number of halogens is 1. The summed E-state index contributed by atoms with van der Waals surface area (Å²) >= 11 is 0. The van der Waals surface area contributed by atoms with Gasteiger partial charge in [-0.2, -0.15) is 0 Å². The van der Waals surface area contributed by atoms with Crippen molar-refractivity contribution in [2.75, 3.05) is 14.2 Å². The van der Waals surface area contributed by atoms with Crippen molar-refractivity contribution < 1.29 is 13.9 Å². The molecule has 0 saturated heterocycles. The molecule has 0 bridgehead atoms. The molecule has 0 amide bonds. The third-order valence-electron chi connectivity index (χ3n) is 3.96. The van der Waals surface area contributed by atoms with Crippen molar-refractivity contribution >= 4 is 0 Å². The summed E-state index contributed by atoms with van der Waals surface area (Å²) in [5.41, 5.74) is 8.09. The molecule has 18 heavy (non-hydrogen) atoms. The Balaban J connectivity index is 2.73. The number of nitrogens with two attached hydrogens (primary N) is 1. The molecule has 100 valence electrons. The van der Waals surface area contributed by atoms with Crippen LogP contribution in [0.15, 0.2) is 0 Å². The summed E-state index contributed by atoms with van der Waals surface area (Å²) in [4.78, 5) is 0. The smallest absolute Gasteiger partial charge is 0.171 e. The van der Waals surface area contributed by atoms with Crippen LogP contribution < -0.4 is 15.2 Å². The zero-order chi connectivity index (χ0) is 13.5. The second-order valence-electron chi connectivity index (χ2n) is 5.02. The fourth-order valence-corrected chi connectivity index (χ4v) is 2.81. The monoisotopic (exact) mass is 253 g/mol. The lowest BCUT2D eigenvalue weighted by atomic mass is 9.70. The van der Waals surface area contributed by atoms with Crippen LogP contribution in [0.5, 0.6) is 11.5 Å². The minimum Gasteiger partial charge on any atom is -0.496 e. The molecule has 0 unspecified atom stereocenters. The highest BCUT2D eigenvalue weighted by atomic mass is 19.1. The number of benzene rings is 1. The molecule has 0 radical (unpaired) electrons. The first kappa shape index (κ1) is 13.1. The Morgan fingerprint density at radius 3 is 2.00 bits per heavy atom. The highest BCUT2D eigenvalue weighted by Gasteiger charge is 2.40. The van der Waals surface area contributed by atoms with Crippen LogP contribution in [0.25, 0.3) is 0 Å². The van der Waals surface area contributed by atoms with Crippen molar-refractivity contribution in [3.8, 4) is 11.5 Å². The van der Waals surface area contributed by atoms with E-state index in [1.807, 2.05) is 6.92 Å². The van der Waals surface area contributed by atoms with Crippen LogP contribution in [-0.2, 0) is 5.54 Å². The Morgan fingerprint density at radius 2 is 1.61 bits per heavy atom. The van der Waals surface area contributed by atoms with Gasteiger partial charge >= 0.3 is 0 Å². The maximum Gasteiger partial charge on any atom is 0.171 e. The molecule has 1 aromatic rings. The van der Waals surface area contributed by atoms with Gasteiger partial charge in [-0.25, -0.2) is 4.39 Å². The summed E-state index contributed by atoms with van der Waals surface area (Å²) in [6, 6.07) is 0. The molecule has 0 atom stereocenters. The van der Waals surface area contributed by atoms with Gasteiger partial charge < -0.3 is 15.2 Å². The Morgan fingerprint density at radius 1 is 1.06 bits per heavy atom. The van der Waals surface area contributed by atoms with Gasteiger partial charge in [0.1, 0.15) is 5.75 Å². The third kappa shape index (κ3) is 1.67. The number of ether oxygens (including phenoxy) is 2. The van der Waals surface area contributed by atoms with Gasteiger partial charge in [-0.1, -0.05) is 0 Å². The molecule has 0 aromatic heterocycles. The molecule has 2 N–H and O–H groups in total. The van der Waals surface area contributed by atoms with E-state index in [0.717, 1.165) is 30.4 Å². The second-order valence-corrected chi connectivity index (χ2v) is 5.02. The lowest BCUT2D eigenvalue weighted by Gasteiger charge is -2.41. The molecular formula is C14H20FNO2. The van der Waals surface area contributed by atoms with Gasteiger partial charge in [0.2, 0.25) is 0 Å². The first-order chi connectivity index (χ1) is 8.46. The van der Waals surface area contributed by atoms with Crippen molar-refractivity contribution in [3.63, 3.8) is 0 Å². The lowest BCUT2D eigenvalue weighted by Crippen LogP contribution is -2.44. The zero-order valence-corrected chi connectivity index (χ0v) is 11.4. The topological polar surface area (TPSA) is 44.5 Å². The van der Waals surface area contributed by atoms with Gasteiger partial charge in [0.05, 0.1) is 14.2 Å². The van der Waals surface area contributed by atoms with E-state index in [0.29, 0.717) is 11.3 Å². The fraction of sp³-hybridized carbons (Fsp3) is 0.571. The maximum atomic E-state index is 14.2. The molecule has 1 aliphatic rings. The highest BCUT2D eigenvalue weighted by molar-refractivity contribution is 5.57. The molecule has 0 spiro atoms. The van der Waals surface area contributed by atoms with E-state index in [1.165, 1.54) is 7.11 Å². The molecule has 1 aromatic carbocycles. The summed E-state index contributed by atoms with van der Waals surface area (Å²) < 4.78 is 24.7. The van der Waals surface area contributed by atoms with Crippen molar-refractivity contribution in [3.05, 3.63) is 22.5 Å². The largest absolute Gasteiger partial charge is 0.496 e. The fourth-order valence-electron chi connectivity index (χ4n) is 2.81. The average Bonchev–Trinajstić information content (AvgIpc) is 2.31. The van der Waals surface area contributed by atoms with E-state index < -0.39 is 5.54 Å². The lowest BCUT2D eigenvalue weighted by molar-refractivity contribution is 0.239. The van der Waals surface area contributed by atoms with Crippen LogP contribution >= 0.6 is 0 Å². The van der Waals surface area contributed by atoms with Gasteiger partial charge in [-0.05, 0) is 33.1 Å². The van der Waals surface area contributed by atoms with Crippen LogP contribution in [0.1, 0.15) is 36.0 Å². The molecule has 2 rings (SSSR count). The van der Waals surface area contributed by atoms with E-state index >= 15 is 0 Å². The van der Waals surface area contributed by atoms with Crippen molar-refractivity contribution in [2.45, 2.75) is 38.6 Å². The first-order valence-corrected chi connectivity index (χ1v) is 6.16. The molecule has 1 fully saturated rings. The standard InChI is InChI=1S/C14H20FNO2/c1-8-10(14(16)6-5-7-14)12(17-3)9(2)11(15)13(8)18-4/h5-7,16H2,1-4H3. The summed E-state index contributed by atoms with van der Waals surface area (Å²) in [6.07, 6.45) is 2.90. The van der Waals surface area contributed by atoms with E-state index in [9.17, 15) is 4.39 Å². The first-order valence-electron chi connectivity index (χ1n) is 6.16. The van der Waals surface area contributed by atoms with Crippen molar-refractivity contribution in [2.24, 2.45) is 5.73 Å². The summed E-state index contributed by atoms with van der Waals surface area (Å²) in [7, 11) is 3.03. The second kappa shape index (κ2) is 4.43. The predicted octanol–water partition coefficient (Wildman–Crippen LogP) is 2.80. The Kier molecular flexibility index (Phi) is 3.23. The van der Waals surface area contributed by atoms with Crippen LogP contribution in [0.3, 0.4) is 0 Å². The van der Waals surface area contributed by atoms with Crippen molar-refractivity contribution in [1.82, 2.24) is 0 Å². The maximum absolute atomic E-state index is 14.2. The highest BCUT2D eigenvalue weighted by Crippen LogP contribution is 2.48. The van der Waals surface area contributed by atoms with Gasteiger partial charge in [0.25, 0.3) is 0 Å². The van der Waals surface area contributed by atoms with Gasteiger partial charge in [0.15, 0.2) is 11.6 Å². The quantitative estimate of drug-likeness (QED) is 0.900. The minimum atomic E-state index is -0.402. The van der Waals surface area contributed by atoms with Crippen LogP contribution in [0, 0.1) is 19.7 Å². The Hall–Kier alpha value is -1.29. The predicted molar refractivity (Wildman–Crippen MR) is 68.7 cm³/mol. The zero-order valence-electron chi connectivity index (χ0n) is 11.4. The van der Waals surface area contributed by atoms with Crippen LogP contribution in [-0.4, -0.2) is 14.2 Å². The van der Waals surface area contributed by atoms with Crippen molar-refractivity contribution in [1.29, 1.82) is 0 Å². The molecule has 0 heterocycles. The number of rotatable bonds is 3. The van der Waals surface area contributed by atoms with Crippen LogP contribution in [0.4, 0.5) is 4.39 Å². The summed E-state index contributed by atoms with van der Waals surface area (Å²) in [5, 5.41) is 0. The number of hydrogen-bond acceptors (Lipinski definition) is 3. The van der Waals surface area contributed by atoms with Gasteiger partial charge in [-0.15, -0.1) is 0 Å². The van der Waals surface area contributed by atoms with Gasteiger partial charge in [0, 0.05) is 22.2 Å². The molecule has 4 heteroatoms. The normalized spacial score (nSPS) is 17.2. The van der Waals surface area contributed by atoms with E-state index in [1.54, 1.807) is 14.0 Å². The number of hydrogen-bond donors (Lipinski definition) is 1. The molecule has 0 aliphatic heterocycles. The summed E-state index contributed by atoms with van der Waals surface area (Å²) in [5.74, 6) is 0.478. The third-order valence-corrected chi connectivity index (χ3v) is 3.96. The molecular weight excluding hydrogens is 233 g/mol. The Bertz CT molecular complexity index is 481.